The minimum absolute atomic E-state index is 0.0718. The molecule has 2 atom stereocenters. The Labute approximate surface area is 58.8 Å². The van der Waals surface area contributed by atoms with Gasteiger partial charge in [-0.3, -0.25) is 9.59 Å². The van der Waals surface area contributed by atoms with E-state index in [1.54, 1.807) is 6.92 Å². The van der Waals surface area contributed by atoms with Crippen molar-refractivity contribution in [3.63, 3.8) is 0 Å². The van der Waals surface area contributed by atoms with Crippen molar-refractivity contribution < 1.29 is 9.59 Å². The third kappa shape index (κ3) is 1.10. The fourth-order valence-corrected chi connectivity index (χ4v) is 1.02. The minimum Gasteiger partial charge on any atom is -0.368 e. The van der Waals surface area contributed by atoms with Gasteiger partial charge in [0.05, 0.1) is 0 Å². The van der Waals surface area contributed by atoms with Crippen LogP contribution in [0.25, 0.3) is 0 Å². The number of amides is 2. The van der Waals surface area contributed by atoms with Gasteiger partial charge in [0, 0.05) is 5.92 Å². The molecule has 0 radical (unpaired) electrons. The monoisotopic (exact) mass is 142 g/mol. The normalized spacial score (nSPS) is 31.9. The van der Waals surface area contributed by atoms with E-state index < -0.39 is 11.9 Å². The van der Waals surface area contributed by atoms with E-state index in [0.29, 0.717) is 6.42 Å². The van der Waals surface area contributed by atoms with Gasteiger partial charge >= 0.3 is 0 Å². The first-order chi connectivity index (χ1) is 4.61. The van der Waals surface area contributed by atoms with E-state index in [1.165, 1.54) is 0 Å². The van der Waals surface area contributed by atoms with E-state index in [-0.39, 0.29) is 11.8 Å². The molecular weight excluding hydrogens is 132 g/mol. The van der Waals surface area contributed by atoms with E-state index in [1.807, 2.05) is 0 Å². The van der Waals surface area contributed by atoms with Crippen molar-refractivity contribution in [2.24, 2.45) is 11.7 Å². The molecule has 1 fully saturated rings. The highest BCUT2D eigenvalue weighted by atomic mass is 16.2. The average molecular weight is 142 g/mol. The van der Waals surface area contributed by atoms with Gasteiger partial charge in [0.15, 0.2) is 0 Å². The van der Waals surface area contributed by atoms with Gasteiger partial charge in [0.2, 0.25) is 11.8 Å². The summed E-state index contributed by atoms with van der Waals surface area (Å²) in [6.07, 6.45) is 0.536. The van der Waals surface area contributed by atoms with E-state index in [9.17, 15) is 9.59 Å². The zero-order chi connectivity index (χ0) is 7.72. The maximum atomic E-state index is 10.8. The third-order valence-electron chi connectivity index (χ3n) is 1.70. The molecule has 3 N–H and O–H groups in total. The maximum Gasteiger partial charge on any atom is 0.240 e. The molecule has 1 rings (SSSR count). The Morgan fingerprint density at radius 3 is 2.60 bits per heavy atom. The van der Waals surface area contributed by atoms with E-state index >= 15 is 0 Å². The van der Waals surface area contributed by atoms with Crippen molar-refractivity contribution in [1.29, 1.82) is 0 Å². The lowest BCUT2D eigenvalue weighted by Crippen LogP contribution is -2.37. The van der Waals surface area contributed by atoms with Crippen molar-refractivity contribution >= 4 is 11.8 Å². The number of nitrogens with one attached hydrogen (secondary N) is 1. The van der Waals surface area contributed by atoms with Crippen LogP contribution in [-0.4, -0.2) is 17.9 Å². The molecule has 1 heterocycles. The Kier molecular flexibility index (Phi) is 1.61. The van der Waals surface area contributed by atoms with Crippen LogP contribution in [-0.2, 0) is 9.59 Å². The summed E-state index contributed by atoms with van der Waals surface area (Å²) in [7, 11) is 0. The van der Waals surface area contributed by atoms with E-state index in [2.05, 4.69) is 5.32 Å². The van der Waals surface area contributed by atoms with E-state index in [4.69, 9.17) is 5.73 Å². The molecule has 1 aliphatic rings. The molecule has 0 aromatic heterocycles. The fourth-order valence-electron chi connectivity index (χ4n) is 1.02. The first-order valence-electron chi connectivity index (χ1n) is 3.21. The molecule has 0 saturated carbocycles. The molecular formula is C6H10N2O2. The van der Waals surface area contributed by atoms with Crippen LogP contribution in [0.5, 0.6) is 0 Å². The number of hydrogen-bond donors (Lipinski definition) is 2. The number of rotatable bonds is 1. The minimum atomic E-state index is -0.447. The van der Waals surface area contributed by atoms with Gasteiger partial charge in [-0.05, 0) is 6.42 Å². The molecule has 1 aliphatic heterocycles. The molecule has 0 aromatic rings. The zero-order valence-electron chi connectivity index (χ0n) is 5.76. The summed E-state index contributed by atoms with van der Waals surface area (Å²) in [6, 6.07) is -0.442. The second kappa shape index (κ2) is 2.28. The van der Waals surface area contributed by atoms with Gasteiger partial charge in [0.1, 0.15) is 6.04 Å². The SMILES string of the molecule is C[C@@H]1CC(C(N)=O)NC1=O. The Morgan fingerprint density at radius 1 is 1.80 bits per heavy atom. The second-order valence-corrected chi connectivity index (χ2v) is 2.60. The Hall–Kier alpha value is -1.06. The predicted octanol–water partition coefficient (Wildman–Crippen LogP) is -1.00. The van der Waals surface area contributed by atoms with Crippen LogP contribution >= 0.6 is 0 Å². The number of carbonyl (C=O) groups is 2. The summed E-state index contributed by atoms with van der Waals surface area (Å²) in [5.41, 5.74) is 4.97. The van der Waals surface area contributed by atoms with Gasteiger partial charge in [-0.25, -0.2) is 0 Å². The maximum absolute atomic E-state index is 10.8. The van der Waals surface area contributed by atoms with Gasteiger partial charge in [-0.15, -0.1) is 0 Å². The van der Waals surface area contributed by atoms with Crippen LogP contribution in [0.2, 0.25) is 0 Å². The van der Waals surface area contributed by atoms with E-state index in [0.717, 1.165) is 0 Å². The molecule has 56 valence electrons. The van der Waals surface area contributed by atoms with Gasteiger partial charge in [-0.2, -0.15) is 0 Å². The third-order valence-corrected chi connectivity index (χ3v) is 1.70. The van der Waals surface area contributed by atoms with Crippen LogP contribution in [0.3, 0.4) is 0 Å². The van der Waals surface area contributed by atoms with Crippen LogP contribution in [0.4, 0.5) is 0 Å². The first-order valence-corrected chi connectivity index (χ1v) is 3.21. The summed E-state index contributed by atoms with van der Waals surface area (Å²) in [5, 5.41) is 2.49. The van der Waals surface area contributed by atoms with Crippen molar-refractivity contribution in [2.75, 3.05) is 0 Å². The smallest absolute Gasteiger partial charge is 0.240 e. The van der Waals surface area contributed by atoms with Crippen molar-refractivity contribution in [2.45, 2.75) is 19.4 Å². The highest BCUT2D eigenvalue weighted by Crippen LogP contribution is 2.13. The van der Waals surface area contributed by atoms with Crippen LogP contribution in [0.15, 0.2) is 0 Å². The number of nitrogens with two attached hydrogens (primary N) is 1. The molecule has 4 nitrogen and oxygen atoms in total. The Bertz CT molecular complexity index is 179. The number of primary amides is 1. The predicted molar refractivity (Wildman–Crippen MR) is 34.9 cm³/mol. The summed E-state index contributed by atoms with van der Waals surface area (Å²) in [5.74, 6) is -0.598. The molecule has 0 aliphatic carbocycles. The highest BCUT2D eigenvalue weighted by Gasteiger charge is 2.31. The Balaban J connectivity index is 2.57. The molecule has 2 amide bonds. The van der Waals surface area contributed by atoms with Gasteiger partial charge < -0.3 is 11.1 Å². The lowest BCUT2D eigenvalue weighted by Gasteiger charge is -2.01. The molecule has 4 heteroatoms. The number of hydrogen-bond acceptors (Lipinski definition) is 2. The van der Waals surface area contributed by atoms with Crippen LogP contribution in [0.1, 0.15) is 13.3 Å². The number of carbonyl (C=O) groups excluding carboxylic acids is 2. The van der Waals surface area contributed by atoms with Crippen molar-refractivity contribution in [3.05, 3.63) is 0 Å². The average Bonchev–Trinajstić information content (AvgIpc) is 2.13. The summed E-state index contributed by atoms with van der Waals surface area (Å²) >= 11 is 0. The van der Waals surface area contributed by atoms with Gasteiger partial charge in [0.25, 0.3) is 0 Å². The largest absolute Gasteiger partial charge is 0.368 e. The second-order valence-electron chi connectivity index (χ2n) is 2.60. The van der Waals surface area contributed by atoms with Crippen molar-refractivity contribution in [3.8, 4) is 0 Å². The molecule has 0 aromatic carbocycles. The lowest BCUT2D eigenvalue weighted by molar-refractivity contribution is -0.124. The quantitative estimate of drug-likeness (QED) is 0.492. The highest BCUT2D eigenvalue weighted by molar-refractivity contribution is 5.90. The topological polar surface area (TPSA) is 72.2 Å². The fraction of sp³-hybridized carbons (Fsp3) is 0.667. The summed E-state index contributed by atoms with van der Waals surface area (Å²) in [6.45, 7) is 1.78. The van der Waals surface area contributed by atoms with Crippen LogP contribution in [0, 0.1) is 5.92 Å². The van der Waals surface area contributed by atoms with Crippen molar-refractivity contribution in [1.82, 2.24) is 5.32 Å². The van der Waals surface area contributed by atoms with Crippen LogP contribution < -0.4 is 11.1 Å². The molecule has 1 saturated heterocycles. The Morgan fingerprint density at radius 2 is 2.40 bits per heavy atom. The molecule has 0 spiro atoms. The summed E-state index contributed by atoms with van der Waals surface area (Å²) in [4.78, 5) is 21.3. The standard InChI is InChI=1S/C6H10N2O2/c1-3-2-4(5(7)9)8-6(3)10/h3-4H,2H2,1H3,(H2,7,9)(H,8,10)/t3-,4?/m1/s1. The summed E-state index contributed by atoms with van der Waals surface area (Å²) < 4.78 is 0. The lowest BCUT2D eigenvalue weighted by atomic mass is 10.1. The molecule has 10 heavy (non-hydrogen) atoms. The first kappa shape index (κ1) is 7.05. The zero-order valence-corrected chi connectivity index (χ0v) is 5.76. The molecule has 1 unspecified atom stereocenters. The van der Waals surface area contributed by atoms with Gasteiger partial charge in [-0.1, -0.05) is 6.92 Å². The molecule has 0 bridgehead atoms.